The number of hydrogen-bond acceptors (Lipinski definition) is 3. The van der Waals surface area contributed by atoms with E-state index in [0.29, 0.717) is 16.9 Å². The van der Waals surface area contributed by atoms with Gasteiger partial charge in [-0.25, -0.2) is 0 Å². The average Bonchev–Trinajstić information content (AvgIpc) is 2.48. The molecule has 0 saturated carbocycles. The molecule has 0 fully saturated rings. The molecule has 0 aliphatic carbocycles. The van der Waals surface area contributed by atoms with E-state index in [1.54, 1.807) is 24.5 Å². The van der Waals surface area contributed by atoms with Gasteiger partial charge in [0.25, 0.3) is 5.91 Å². The highest BCUT2D eigenvalue weighted by atomic mass is 16.1. The SMILES string of the molecule is Cc1ccc2nc(C)c(C(=O)Nc3cccnc3)cc2c1. The summed E-state index contributed by atoms with van der Waals surface area (Å²) in [6.45, 7) is 3.87. The van der Waals surface area contributed by atoms with Crippen molar-refractivity contribution in [3.05, 3.63) is 65.6 Å². The molecule has 0 saturated heterocycles. The van der Waals surface area contributed by atoms with Crippen LogP contribution in [0.1, 0.15) is 21.6 Å². The molecule has 104 valence electrons. The quantitative estimate of drug-likeness (QED) is 0.780. The summed E-state index contributed by atoms with van der Waals surface area (Å²) >= 11 is 0. The van der Waals surface area contributed by atoms with E-state index in [9.17, 15) is 4.79 Å². The zero-order chi connectivity index (χ0) is 14.8. The van der Waals surface area contributed by atoms with Crippen molar-refractivity contribution in [3.63, 3.8) is 0 Å². The van der Waals surface area contributed by atoms with E-state index in [1.165, 1.54) is 0 Å². The lowest BCUT2D eigenvalue weighted by molar-refractivity contribution is 0.102. The number of pyridine rings is 2. The number of nitrogens with zero attached hydrogens (tertiary/aromatic N) is 2. The fourth-order valence-electron chi connectivity index (χ4n) is 2.26. The summed E-state index contributed by atoms with van der Waals surface area (Å²) in [6, 6.07) is 11.5. The van der Waals surface area contributed by atoms with Crippen LogP contribution in [0.2, 0.25) is 0 Å². The minimum atomic E-state index is -0.170. The van der Waals surface area contributed by atoms with Crippen LogP contribution in [0.3, 0.4) is 0 Å². The molecule has 2 heterocycles. The van der Waals surface area contributed by atoms with Gasteiger partial charge in [-0.05, 0) is 44.2 Å². The Hall–Kier alpha value is -2.75. The van der Waals surface area contributed by atoms with Crippen LogP contribution in [0.15, 0.2) is 48.8 Å². The second-order valence-corrected chi connectivity index (χ2v) is 5.01. The Balaban J connectivity index is 1.99. The summed E-state index contributed by atoms with van der Waals surface area (Å²) < 4.78 is 0. The van der Waals surface area contributed by atoms with Crippen molar-refractivity contribution >= 4 is 22.5 Å². The third kappa shape index (κ3) is 2.74. The first-order valence-corrected chi connectivity index (χ1v) is 6.73. The van der Waals surface area contributed by atoms with Crippen LogP contribution in [-0.2, 0) is 0 Å². The summed E-state index contributed by atoms with van der Waals surface area (Å²) in [7, 11) is 0. The second-order valence-electron chi connectivity index (χ2n) is 5.01. The summed E-state index contributed by atoms with van der Waals surface area (Å²) in [5.74, 6) is -0.170. The topological polar surface area (TPSA) is 54.9 Å². The predicted molar refractivity (Wildman–Crippen MR) is 83.4 cm³/mol. The molecule has 0 unspecified atom stereocenters. The molecule has 0 aliphatic heterocycles. The third-order valence-electron chi connectivity index (χ3n) is 3.32. The smallest absolute Gasteiger partial charge is 0.257 e. The first-order chi connectivity index (χ1) is 10.1. The van der Waals surface area contributed by atoms with E-state index in [-0.39, 0.29) is 5.91 Å². The van der Waals surface area contributed by atoms with Crippen LogP contribution in [0.25, 0.3) is 10.9 Å². The Kier molecular flexibility index (Phi) is 3.36. The van der Waals surface area contributed by atoms with Crippen molar-refractivity contribution in [3.8, 4) is 0 Å². The summed E-state index contributed by atoms with van der Waals surface area (Å²) in [6.07, 6.45) is 3.28. The number of benzene rings is 1. The van der Waals surface area contributed by atoms with Crippen molar-refractivity contribution in [1.29, 1.82) is 0 Å². The Labute approximate surface area is 122 Å². The summed E-state index contributed by atoms with van der Waals surface area (Å²) in [4.78, 5) is 20.9. The van der Waals surface area contributed by atoms with Crippen molar-refractivity contribution in [2.24, 2.45) is 0 Å². The Morgan fingerprint density at radius 3 is 2.76 bits per heavy atom. The molecule has 3 rings (SSSR count). The maximum Gasteiger partial charge on any atom is 0.257 e. The Morgan fingerprint density at radius 1 is 1.14 bits per heavy atom. The number of carbonyl (C=O) groups excluding carboxylic acids is 1. The number of nitrogens with one attached hydrogen (secondary N) is 1. The van der Waals surface area contributed by atoms with Gasteiger partial charge in [0, 0.05) is 11.6 Å². The molecular weight excluding hydrogens is 262 g/mol. The first-order valence-electron chi connectivity index (χ1n) is 6.73. The maximum atomic E-state index is 12.4. The van der Waals surface area contributed by atoms with Crippen molar-refractivity contribution in [2.75, 3.05) is 5.32 Å². The number of amides is 1. The molecule has 3 aromatic rings. The second kappa shape index (κ2) is 5.32. The van der Waals surface area contributed by atoms with Crippen LogP contribution >= 0.6 is 0 Å². The highest BCUT2D eigenvalue weighted by Crippen LogP contribution is 2.19. The monoisotopic (exact) mass is 277 g/mol. The number of aromatic nitrogens is 2. The highest BCUT2D eigenvalue weighted by Gasteiger charge is 2.12. The van der Waals surface area contributed by atoms with Gasteiger partial charge >= 0.3 is 0 Å². The van der Waals surface area contributed by atoms with Crippen LogP contribution in [0.4, 0.5) is 5.69 Å². The molecule has 4 heteroatoms. The van der Waals surface area contributed by atoms with Crippen LogP contribution in [-0.4, -0.2) is 15.9 Å². The van der Waals surface area contributed by atoms with Gasteiger partial charge in [-0.1, -0.05) is 11.6 Å². The van der Waals surface area contributed by atoms with Gasteiger partial charge in [-0.15, -0.1) is 0 Å². The third-order valence-corrected chi connectivity index (χ3v) is 3.32. The predicted octanol–water partition coefficient (Wildman–Crippen LogP) is 3.50. The normalized spacial score (nSPS) is 10.6. The number of hydrogen-bond donors (Lipinski definition) is 1. The molecule has 1 amide bonds. The molecule has 0 radical (unpaired) electrons. The molecule has 21 heavy (non-hydrogen) atoms. The standard InChI is InChI=1S/C17H15N3O/c1-11-5-6-16-13(8-11)9-15(12(2)19-16)17(21)20-14-4-3-7-18-10-14/h3-10H,1-2H3,(H,20,21). The van der Waals surface area contributed by atoms with Crippen LogP contribution in [0, 0.1) is 13.8 Å². The van der Waals surface area contributed by atoms with Crippen molar-refractivity contribution in [2.45, 2.75) is 13.8 Å². The molecule has 0 aliphatic rings. The van der Waals surface area contributed by atoms with E-state index in [1.807, 2.05) is 38.1 Å². The fourth-order valence-corrected chi connectivity index (χ4v) is 2.26. The van der Waals surface area contributed by atoms with Crippen LogP contribution in [0.5, 0.6) is 0 Å². The lowest BCUT2D eigenvalue weighted by Crippen LogP contribution is -2.14. The van der Waals surface area contributed by atoms with E-state index >= 15 is 0 Å². The van der Waals surface area contributed by atoms with Gasteiger partial charge in [0.2, 0.25) is 0 Å². The fraction of sp³-hybridized carbons (Fsp3) is 0.118. The summed E-state index contributed by atoms with van der Waals surface area (Å²) in [5, 5.41) is 3.81. The molecule has 0 atom stereocenters. The molecule has 0 spiro atoms. The molecule has 1 N–H and O–H groups in total. The number of rotatable bonds is 2. The number of aryl methyl sites for hydroxylation is 2. The van der Waals surface area contributed by atoms with Gasteiger partial charge < -0.3 is 5.32 Å². The Morgan fingerprint density at radius 2 is 2.00 bits per heavy atom. The average molecular weight is 277 g/mol. The van der Waals surface area contributed by atoms with Gasteiger partial charge in [-0.3, -0.25) is 14.8 Å². The molecule has 1 aromatic carbocycles. The zero-order valence-corrected chi connectivity index (χ0v) is 11.9. The summed E-state index contributed by atoms with van der Waals surface area (Å²) in [5.41, 5.74) is 4.01. The highest BCUT2D eigenvalue weighted by molar-refractivity contribution is 6.06. The number of carbonyl (C=O) groups is 1. The molecule has 0 bridgehead atoms. The Bertz CT molecular complexity index is 813. The largest absolute Gasteiger partial charge is 0.321 e. The van der Waals surface area contributed by atoms with E-state index < -0.39 is 0 Å². The maximum absolute atomic E-state index is 12.4. The van der Waals surface area contributed by atoms with Crippen molar-refractivity contribution in [1.82, 2.24) is 9.97 Å². The van der Waals surface area contributed by atoms with E-state index in [0.717, 1.165) is 16.5 Å². The van der Waals surface area contributed by atoms with Crippen molar-refractivity contribution < 1.29 is 4.79 Å². The number of anilines is 1. The number of fused-ring (bicyclic) bond motifs is 1. The minimum absolute atomic E-state index is 0.170. The lowest BCUT2D eigenvalue weighted by Gasteiger charge is -2.09. The van der Waals surface area contributed by atoms with Gasteiger partial charge in [-0.2, -0.15) is 0 Å². The molecule has 4 nitrogen and oxygen atoms in total. The van der Waals surface area contributed by atoms with E-state index in [2.05, 4.69) is 15.3 Å². The minimum Gasteiger partial charge on any atom is -0.321 e. The van der Waals surface area contributed by atoms with Gasteiger partial charge in [0.05, 0.1) is 28.7 Å². The first kappa shape index (κ1) is 13.2. The van der Waals surface area contributed by atoms with Crippen LogP contribution < -0.4 is 5.32 Å². The van der Waals surface area contributed by atoms with Gasteiger partial charge in [0.15, 0.2) is 0 Å². The molecule has 2 aromatic heterocycles. The zero-order valence-electron chi connectivity index (χ0n) is 11.9. The van der Waals surface area contributed by atoms with Gasteiger partial charge in [0.1, 0.15) is 0 Å². The molecular formula is C17H15N3O. The van der Waals surface area contributed by atoms with E-state index in [4.69, 9.17) is 0 Å². The lowest BCUT2D eigenvalue weighted by atomic mass is 10.1.